The lowest BCUT2D eigenvalue weighted by Crippen LogP contribution is -2.24. The lowest BCUT2D eigenvalue weighted by atomic mass is 9.73. The minimum Gasteiger partial charge on any atom is -0.454 e. The van der Waals surface area contributed by atoms with Gasteiger partial charge in [0.05, 0.1) is 6.10 Å². The van der Waals surface area contributed by atoms with E-state index in [1.54, 1.807) is 0 Å². The molecule has 0 spiro atoms. The maximum absolute atomic E-state index is 10.6. The lowest BCUT2D eigenvalue weighted by molar-refractivity contribution is 0.0550. The fourth-order valence-corrected chi connectivity index (χ4v) is 3.64. The molecule has 0 amide bonds. The van der Waals surface area contributed by atoms with Crippen LogP contribution in [0.2, 0.25) is 0 Å². The largest absolute Gasteiger partial charge is 0.454 e. The molecule has 104 valence electrons. The summed E-state index contributed by atoms with van der Waals surface area (Å²) in [6.07, 6.45) is 3.12. The Morgan fingerprint density at radius 2 is 1.74 bits per heavy atom. The van der Waals surface area contributed by atoms with Gasteiger partial charge in [-0.2, -0.15) is 0 Å². The van der Waals surface area contributed by atoms with Crippen LogP contribution in [-0.2, 0) is 0 Å². The fourth-order valence-electron chi connectivity index (χ4n) is 3.64. The van der Waals surface area contributed by atoms with E-state index in [-0.39, 0.29) is 12.9 Å². The Balaban J connectivity index is 1.77. The maximum Gasteiger partial charge on any atom is 0.231 e. The summed E-state index contributed by atoms with van der Waals surface area (Å²) in [5.41, 5.74) is 0.954. The highest BCUT2D eigenvalue weighted by Gasteiger charge is 2.30. The molecular formula is C16H22O3. The van der Waals surface area contributed by atoms with Crippen molar-refractivity contribution in [3.8, 4) is 11.5 Å². The summed E-state index contributed by atoms with van der Waals surface area (Å²) in [6.45, 7) is 4.86. The third-order valence-electron chi connectivity index (χ3n) is 4.40. The van der Waals surface area contributed by atoms with Crippen LogP contribution in [0.3, 0.4) is 0 Å². The summed E-state index contributed by atoms with van der Waals surface area (Å²) >= 11 is 0. The number of aliphatic hydroxyl groups is 1. The molecule has 1 N–H and O–H groups in total. The number of ether oxygens (including phenoxy) is 2. The van der Waals surface area contributed by atoms with Gasteiger partial charge >= 0.3 is 0 Å². The SMILES string of the molecule is CC1CC(C)CC(C(O)c2ccc3c(c2)OCO3)C1. The van der Waals surface area contributed by atoms with Crippen LogP contribution in [0, 0.1) is 17.8 Å². The predicted molar refractivity (Wildman–Crippen MR) is 73.2 cm³/mol. The first-order valence-corrected chi connectivity index (χ1v) is 7.21. The molecular weight excluding hydrogens is 240 g/mol. The second-order valence-electron chi connectivity index (χ2n) is 6.24. The molecule has 0 bridgehead atoms. The van der Waals surface area contributed by atoms with Crippen molar-refractivity contribution >= 4 is 0 Å². The molecule has 1 aliphatic heterocycles. The average Bonchev–Trinajstić information content (AvgIpc) is 2.83. The van der Waals surface area contributed by atoms with Crippen LogP contribution in [0.1, 0.15) is 44.8 Å². The molecule has 3 heteroatoms. The molecule has 3 unspecified atom stereocenters. The van der Waals surface area contributed by atoms with Gasteiger partial charge in [-0.3, -0.25) is 0 Å². The third-order valence-corrected chi connectivity index (χ3v) is 4.40. The minimum atomic E-state index is -0.389. The number of hydrogen-bond donors (Lipinski definition) is 1. The van der Waals surface area contributed by atoms with E-state index in [4.69, 9.17) is 9.47 Å². The van der Waals surface area contributed by atoms with E-state index in [2.05, 4.69) is 13.8 Å². The van der Waals surface area contributed by atoms with Crippen molar-refractivity contribution in [2.45, 2.75) is 39.2 Å². The van der Waals surface area contributed by atoms with Crippen LogP contribution in [0.4, 0.5) is 0 Å². The minimum absolute atomic E-state index is 0.284. The Bertz CT molecular complexity index is 447. The first kappa shape index (κ1) is 12.8. The van der Waals surface area contributed by atoms with E-state index in [0.717, 1.165) is 29.9 Å². The van der Waals surface area contributed by atoms with E-state index < -0.39 is 0 Å². The second-order valence-corrected chi connectivity index (χ2v) is 6.24. The van der Waals surface area contributed by atoms with Gasteiger partial charge in [-0.15, -0.1) is 0 Å². The summed E-state index contributed by atoms with van der Waals surface area (Å²) in [6, 6.07) is 5.79. The van der Waals surface area contributed by atoms with Crippen molar-refractivity contribution in [2.75, 3.05) is 6.79 Å². The van der Waals surface area contributed by atoms with Gasteiger partial charge in [0.2, 0.25) is 6.79 Å². The topological polar surface area (TPSA) is 38.7 Å². The van der Waals surface area contributed by atoms with Gasteiger partial charge in [0, 0.05) is 0 Å². The standard InChI is InChI=1S/C16H22O3/c1-10-5-11(2)7-13(6-10)16(17)12-3-4-14-15(8-12)19-9-18-14/h3-4,8,10-11,13,16-17H,5-7,9H2,1-2H3. The van der Waals surface area contributed by atoms with E-state index >= 15 is 0 Å². The molecule has 1 aliphatic carbocycles. The molecule has 0 saturated heterocycles. The molecule has 2 aliphatic rings. The molecule has 3 atom stereocenters. The number of fused-ring (bicyclic) bond motifs is 1. The Morgan fingerprint density at radius 3 is 2.47 bits per heavy atom. The highest BCUT2D eigenvalue weighted by molar-refractivity contribution is 5.45. The quantitative estimate of drug-likeness (QED) is 0.886. The average molecular weight is 262 g/mol. The zero-order chi connectivity index (χ0) is 13.4. The molecule has 1 aromatic carbocycles. The zero-order valence-corrected chi connectivity index (χ0v) is 11.6. The Hall–Kier alpha value is -1.22. The van der Waals surface area contributed by atoms with E-state index in [1.807, 2.05) is 18.2 Å². The summed E-state index contributed by atoms with van der Waals surface area (Å²) in [5, 5.41) is 10.6. The summed E-state index contributed by atoms with van der Waals surface area (Å²) < 4.78 is 10.7. The van der Waals surface area contributed by atoms with E-state index in [9.17, 15) is 5.11 Å². The summed E-state index contributed by atoms with van der Waals surface area (Å²) in [5.74, 6) is 3.31. The normalized spacial score (nSPS) is 31.2. The number of aliphatic hydroxyl groups excluding tert-OH is 1. The number of rotatable bonds is 2. The number of benzene rings is 1. The van der Waals surface area contributed by atoms with Gasteiger partial charge in [-0.05, 0) is 54.7 Å². The molecule has 3 rings (SSSR count). The lowest BCUT2D eigenvalue weighted by Gasteiger charge is -2.34. The van der Waals surface area contributed by atoms with Crippen LogP contribution in [-0.4, -0.2) is 11.9 Å². The Morgan fingerprint density at radius 1 is 1.05 bits per heavy atom. The molecule has 1 heterocycles. The summed E-state index contributed by atoms with van der Waals surface area (Å²) in [7, 11) is 0. The van der Waals surface area contributed by atoms with Crippen molar-refractivity contribution in [3.05, 3.63) is 23.8 Å². The Labute approximate surface area is 114 Å². The molecule has 1 aromatic rings. The highest BCUT2D eigenvalue weighted by atomic mass is 16.7. The van der Waals surface area contributed by atoms with E-state index in [0.29, 0.717) is 17.8 Å². The molecule has 0 aromatic heterocycles. The molecule has 19 heavy (non-hydrogen) atoms. The van der Waals surface area contributed by atoms with Crippen molar-refractivity contribution < 1.29 is 14.6 Å². The first-order chi connectivity index (χ1) is 9.13. The second kappa shape index (κ2) is 5.04. The van der Waals surface area contributed by atoms with Crippen molar-refractivity contribution in [1.82, 2.24) is 0 Å². The van der Waals surface area contributed by atoms with Crippen molar-refractivity contribution in [3.63, 3.8) is 0 Å². The molecule has 3 nitrogen and oxygen atoms in total. The molecule has 0 radical (unpaired) electrons. The van der Waals surface area contributed by atoms with Crippen LogP contribution < -0.4 is 9.47 Å². The molecule has 1 saturated carbocycles. The van der Waals surface area contributed by atoms with Gasteiger partial charge < -0.3 is 14.6 Å². The van der Waals surface area contributed by atoms with Crippen LogP contribution >= 0.6 is 0 Å². The van der Waals surface area contributed by atoms with Crippen LogP contribution in [0.15, 0.2) is 18.2 Å². The highest BCUT2D eigenvalue weighted by Crippen LogP contribution is 2.42. The van der Waals surface area contributed by atoms with E-state index in [1.165, 1.54) is 6.42 Å². The molecule has 1 fully saturated rings. The van der Waals surface area contributed by atoms with Gasteiger partial charge in [0.25, 0.3) is 0 Å². The van der Waals surface area contributed by atoms with Gasteiger partial charge in [0.1, 0.15) is 0 Å². The maximum atomic E-state index is 10.6. The van der Waals surface area contributed by atoms with Crippen LogP contribution in [0.5, 0.6) is 11.5 Å². The Kier molecular flexibility index (Phi) is 3.40. The van der Waals surface area contributed by atoms with Gasteiger partial charge in [0.15, 0.2) is 11.5 Å². The fraction of sp³-hybridized carbons (Fsp3) is 0.625. The predicted octanol–water partition coefficient (Wildman–Crippen LogP) is 3.52. The van der Waals surface area contributed by atoms with Crippen LogP contribution in [0.25, 0.3) is 0 Å². The van der Waals surface area contributed by atoms with Gasteiger partial charge in [-0.25, -0.2) is 0 Å². The monoisotopic (exact) mass is 262 g/mol. The van der Waals surface area contributed by atoms with Crippen molar-refractivity contribution in [1.29, 1.82) is 0 Å². The first-order valence-electron chi connectivity index (χ1n) is 7.21. The van der Waals surface area contributed by atoms with Gasteiger partial charge in [-0.1, -0.05) is 19.9 Å². The number of hydrogen-bond acceptors (Lipinski definition) is 3. The zero-order valence-electron chi connectivity index (χ0n) is 11.6. The smallest absolute Gasteiger partial charge is 0.231 e. The third kappa shape index (κ3) is 2.57. The van der Waals surface area contributed by atoms with Crippen molar-refractivity contribution in [2.24, 2.45) is 17.8 Å². The summed E-state index contributed by atoms with van der Waals surface area (Å²) in [4.78, 5) is 0.